The maximum Gasteiger partial charge on any atom is 0.326 e. The molecule has 0 aliphatic carbocycles. The molecule has 1 rings (SSSR count). The SMILES string of the molecule is COCCC(NC(=O)C(C)Oc1cccc(Br)c1)C(=O)O. The van der Waals surface area contributed by atoms with E-state index in [4.69, 9.17) is 14.6 Å². The van der Waals surface area contributed by atoms with E-state index in [0.29, 0.717) is 5.75 Å². The van der Waals surface area contributed by atoms with Gasteiger partial charge in [0.25, 0.3) is 5.91 Å². The molecule has 0 heterocycles. The second-order valence-corrected chi connectivity index (χ2v) is 5.31. The molecule has 0 aliphatic heterocycles. The highest BCUT2D eigenvalue weighted by atomic mass is 79.9. The van der Waals surface area contributed by atoms with Gasteiger partial charge < -0.3 is 19.9 Å². The smallest absolute Gasteiger partial charge is 0.326 e. The van der Waals surface area contributed by atoms with E-state index in [2.05, 4.69) is 21.2 Å². The fraction of sp³-hybridized carbons (Fsp3) is 0.429. The average Bonchev–Trinajstić information content (AvgIpc) is 2.42. The Labute approximate surface area is 131 Å². The molecule has 6 nitrogen and oxygen atoms in total. The number of ether oxygens (including phenoxy) is 2. The van der Waals surface area contributed by atoms with Crippen molar-refractivity contribution in [3.8, 4) is 5.75 Å². The summed E-state index contributed by atoms with van der Waals surface area (Å²) in [5.41, 5.74) is 0. The van der Waals surface area contributed by atoms with E-state index in [1.165, 1.54) is 7.11 Å². The molecule has 116 valence electrons. The number of benzene rings is 1. The molecule has 1 amide bonds. The molecule has 2 unspecified atom stereocenters. The van der Waals surface area contributed by atoms with Gasteiger partial charge in [0.05, 0.1) is 0 Å². The highest BCUT2D eigenvalue weighted by Crippen LogP contribution is 2.18. The number of carboxylic acids is 1. The number of methoxy groups -OCH3 is 1. The first-order valence-electron chi connectivity index (χ1n) is 6.38. The van der Waals surface area contributed by atoms with Crippen LogP contribution < -0.4 is 10.1 Å². The number of rotatable bonds is 8. The topological polar surface area (TPSA) is 84.9 Å². The first kappa shape index (κ1) is 17.5. The Bertz CT molecular complexity index is 494. The molecule has 0 fully saturated rings. The minimum atomic E-state index is -1.10. The lowest BCUT2D eigenvalue weighted by atomic mass is 10.2. The maximum atomic E-state index is 12.0. The van der Waals surface area contributed by atoms with Crippen LogP contribution in [0.2, 0.25) is 0 Å². The van der Waals surface area contributed by atoms with E-state index < -0.39 is 24.0 Å². The largest absolute Gasteiger partial charge is 0.481 e. The normalized spacial score (nSPS) is 13.3. The van der Waals surface area contributed by atoms with Gasteiger partial charge in [-0.1, -0.05) is 22.0 Å². The zero-order valence-corrected chi connectivity index (χ0v) is 13.4. The van der Waals surface area contributed by atoms with Crippen LogP contribution in [-0.4, -0.2) is 42.8 Å². The van der Waals surface area contributed by atoms with Gasteiger partial charge in [0.1, 0.15) is 11.8 Å². The molecule has 0 radical (unpaired) electrons. The summed E-state index contributed by atoms with van der Waals surface area (Å²) in [4.78, 5) is 23.0. The van der Waals surface area contributed by atoms with Crippen LogP contribution in [0.3, 0.4) is 0 Å². The Balaban J connectivity index is 2.58. The molecule has 0 spiro atoms. The quantitative estimate of drug-likeness (QED) is 0.739. The van der Waals surface area contributed by atoms with Crippen molar-refractivity contribution < 1.29 is 24.2 Å². The summed E-state index contributed by atoms with van der Waals surface area (Å²) in [6, 6.07) is 6.06. The molecule has 1 aromatic carbocycles. The zero-order chi connectivity index (χ0) is 15.8. The van der Waals surface area contributed by atoms with Gasteiger partial charge >= 0.3 is 5.97 Å². The van der Waals surface area contributed by atoms with Crippen LogP contribution in [-0.2, 0) is 14.3 Å². The second kappa shape index (κ2) is 8.63. The van der Waals surface area contributed by atoms with Crippen molar-refractivity contribution in [2.45, 2.75) is 25.5 Å². The summed E-state index contributed by atoms with van der Waals surface area (Å²) >= 11 is 3.30. The zero-order valence-electron chi connectivity index (χ0n) is 11.8. The van der Waals surface area contributed by atoms with Crippen LogP contribution in [0.1, 0.15) is 13.3 Å². The Morgan fingerprint density at radius 2 is 2.14 bits per heavy atom. The molecular formula is C14H18BrNO5. The summed E-state index contributed by atoms with van der Waals surface area (Å²) in [6.45, 7) is 1.81. The third-order valence-corrected chi connectivity index (χ3v) is 3.20. The molecule has 0 aromatic heterocycles. The van der Waals surface area contributed by atoms with Crippen LogP contribution >= 0.6 is 15.9 Å². The van der Waals surface area contributed by atoms with E-state index in [1.54, 1.807) is 25.1 Å². The lowest BCUT2D eigenvalue weighted by Crippen LogP contribution is -2.46. The Hall–Kier alpha value is -1.60. The molecule has 7 heteroatoms. The minimum Gasteiger partial charge on any atom is -0.481 e. The Kier molecular flexibility index (Phi) is 7.18. The summed E-state index contributed by atoms with van der Waals surface area (Å²) in [5, 5.41) is 11.5. The van der Waals surface area contributed by atoms with Crippen LogP contribution in [0.4, 0.5) is 0 Å². The van der Waals surface area contributed by atoms with Crippen molar-refractivity contribution >= 4 is 27.8 Å². The Morgan fingerprint density at radius 3 is 2.71 bits per heavy atom. The van der Waals surface area contributed by atoms with Crippen LogP contribution in [0, 0.1) is 0 Å². The van der Waals surface area contributed by atoms with E-state index >= 15 is 0 Å². The standard InChI is InChI=1S/C14H18BrNO5/c1-9(21-11-5-3-4-10(15)8-11)13(17)16-12(14(18)19)6-7-20-2/h3-5,8-9,12H,6-7H2,1-2H3,(H,16,17)(H,18,19). The summed E-state index contributed by atoms with van der Waals surface area (Å²) in [5.74, 6) is -1.07. The highest BCUT2D eigenvalue weighted by molar-refractivity contribution is 9.10. The summed E-state index contributed by atoms with van der Waals surface area (Å²) in [6.07, 6.45) is -0.607. The van der Waals surface area contributed by atoms with Crippen LogP contribution in [0.15, 0.2) is 28.7 Å². The van der Waals surface area contributed by atoms with E-state index in [-0.39, 0.29) is 13.0 Å². The van der Waals surface area contributed by atoms with Gasteiger partial charge in [-0.2, -0.15) is 0 Å². The summed E-state index contributed by atoms with van der Waals surface area (Å²) in [7, 11) is 1.47. The van der Waals surface area contributed by atoms with E-state index in [0.717, 1.165) is 4.47 Å². The molecule has 2 atom stereocenters. The van der Waals surface area contributed by atoms with Gasteiger partial charge in [-0.25, -0.2) is 4.79 Å². The van der Waals surface area contributed by atoms with Gasteiger partial charge in [-0.05, 0) is 25.1 Å². The summed E-state index contributed by atoms with van der Waals surface area (Å²) < 4.78 is 11.1. The van der Waals surface area contributed by atoms with Crippen molar-refractivity contribution in [1.82, 2.24) is 5.32 Å². The van der Waals surface area contributed by atoms with Crippen molar-refractivity contribution in [2.24, 2.45) is 0 Å². The van der Waals surface area contributed by atoms with Gasteiger partial charge in [0, 0.05) is 24.6 Å². The number of nitrogens with one attached hydrogen (secondary N) is 1. The predicted molar refractivity (Wildman–Crippen MR) is 80.3 cm³/mol. The number of amides is 1. The third-order valence-electron chi connectivity index (χ3n) is 2.70. The van der Waals surface area contributed by atoms with Crippen molar-refractivity contribution in [1.29, 1.82) is 0 Å². The molecule has 0 bridgehead atoms. The van der Waals surface area contributed by atoms with Gasteiger partial charge in [0.15, 0.2) is 6.10 Å². The molecular weight excluding hydrogens is 342 g/mol. The molecule has 0 aliphatic rings. The maximum absolute atomic E-state index is 12.0. The average molecular weight is 360 g/mol. The van der Waals surface area contributed by atoms with Crippen molar-refractivity contribution in [2.75, 3.05) is 13.7 Å². The van der Waals surface area contributed by atoms with Gasteiger partial charge in [-0.15, -0.1) is 0 Å². The number of hydrogen-bond acceptors (Lipinski definition) is 4. The van der Waals surface area contributed by atoms with E-state index in [1.807, 2.05) is 6.07 Å². The first-order valence-corrected chi connectivity index (χ1v) is 7.17. The monoisotopic (exact) mass is 359 g/mol. The molecule has 0 saturated carbocycles. The third kappa shape index (κ3) is 6.14. The number of carboxylic acid groups (broad SMARTS) is 1. The molecule has 21 heavy (non-hydrogen) atoms. The molecule has 2 N–H and O–H groups in total. The number of halogens is 1. The van der Waals surface area contributed by atoms with E-state index in [9.17, 15) is 9.59 Å². The predicted octanol–water partition coefficient (Wildman–Crippen LogP) is 1.82. The second-order valence-electron chi connectivity index (χ2n) is 4.40. The number of carbonyl (C=O) groups is 2. The first-order chi connectivity index (χ1) is 9.93. The van der Waals surface area contributed by atoms with Gasteiger partial charge in [-0.3, -0.25) is 4.79 Å². The van der Waals surface area contributed by atoms with Crippen LogP contribution in [0.5, 0.6) is 5.75 Å². The van der Waals surface area contributed by atoms with Gasteiger partial charge in [0.2, 0.25) is 0 Å². The fourth-order valence-electron chi connectivity index (χ4n) is 1.58. The fourth-order valence-corrected chi connectivity index (χ4v) is 1.96. The molecule has 0 saturated heterocycles. The lowest BCUT2D eigenvalue weighted by Gasteiger charge is -2.18. The minimum absolute atomic E-state index is 0.196. The lowest BCUT2D eigenvalue weighted by molar-refractivity contribution is -0.143. The number of carbonyl (C=O) groups excluding carboxylic acids is 1. The molecule has 1 aromatic rings. The number of hydrogen-bond donors (Lipinski definition) is 2. The van der Waals surface area contributed by atoms with Crippen LogP contribution in [0.25, 0.3) is 0 Å². The highest BCUT2D eigenvalue weighted by Gasteiger charge is 2.23. The number of aliphatic carboxylic acids is 1. The van der Waals surface area contributed by atoms with Crippen molar-refractivity contribution in [3.63, 3.8) is 0 Å². The van der Waals surface area contributed by atoms with Crippen molar-refractivity contribution in [3.05, 3.63) is 28.7 Å². The Morgan fingerprint density at radius 1 is 1.43 bits per heavy atom.